The van der Waals surface area contributed by atoms with Crippen molar-refractivity contribution in [1.82, 2.24) is 0 Å². The summed E-state index contributed by atoms with van der Waals surface area (Å²) in [7, 11) is 4.54. The minimum atomic E-state index is 0. The van der Waals surface area contributed by atoms with E-state index in [2.05, 4.69) is 75.3 Å². The van der Waals surface area contributed by atoms with Crippen LogP contribution in [0.5, 0.6) is 0 Å². The molecule has 0 aromatic heterocycles. The zero-order valence-corrected chi connectivity index (χ0v) is 13.0. The largest absolute Gasteiger partial charge is 1.00 e. The molecule has 1 nitrogen and oxygen atoms in total. The third-order valence-corrected chi connectivity index (χ3v) is 3.28. The van der Waals surface area contributed by atoms with E-state index in [1.54, 1.807) is 0 Å². The molecule has 2 aromatic carbocycles. The number of quaternary nitrogens is 1. The molecule has 0 aliphatic heterocycles. The molecule has 20 heavy (non-hydrogen) atoms. The van der Waals surface area contributed by atoms with Gasteiger partial charge >= 0.3 is 0 Å². The number of halogens is 1. The summed E-state index contributed by atoms with van der Waals surface area (Å²) >= 11 is 0. The van der Waals surface area contributed by atoms with E-state index >= 15 is 0 Å². The highest BCUT2D eigenvalue weighted by Crippen LogP contribution is 2.15. The first-order chi connectivity index (χ1) is 9.09. The van der Waals surface area contributed by atoms with Crippen LogP contribution in [0.4, 0.5) is 0 Å². The molecule has 0 aliphatic rings. The zero-order chi connectivity index (χ0) is 13.7. The third-order valence-electron chi connectivity index (χ3n) is 3.28. The number of hydrogen-bond acceptors (Lipinski definition) is 0. The van der Waals surface area contributed by atoms with Crippen molar-refractivity contribution in [3.63, 3.8) is 0 Å². The molecular formula is C18H22ClN. The molecule has 0 radical (unpaired) electrons. The van der Waals surface area contributed by atoms with Gasteiger partial charge in [-0.05, 0) is 5.56 Å². The average molecular weight is 288 g/mol. The Morgan fingerprint density at radius 2 is 1.35 bits per heavy atom. The second-order valence-electron chi connectivity index (χ2n) is 5.68. The Bertz CT molecular complexity index is 529. The van der Waals surface area contributed by atoms with Gasteiger partial charge in [0.2, 0.25) is 0 Å². The molecule has 0 heterocycles. The lowest BCUT2D eigenvalue weighted by Crippen LogP contribution is -3.00. The van der Waals surface area contributed by atoms with Crippen LogP contribution >= 0.6 is 0 Å². The van der Waals surface area contributed by atoms with Crippen molar-refractivity contribution in [2.24, 2.45) is 0 Å². The van der Waals surface area contributed by atoms with E-state index < -0.39 is 0 Å². The van der Waals surface area contributed by atoms with Gasteiger partial charge in [0, 0.05) is 11.1 Å². The lowest BCUT2D eigenvalue weighted by Gasteiger charge is -2.30. The van der Waals surface area contributed by atoms with Crippen molar-refractivity contribution in [2.45, 2.75) is 13.1 Å². The molecule has 0 atom stereocenters. The van der Waals surface area contributed by atoms with E-state index in [1.807, 2.05) is 6.08 Å². The van der Waals surface area contributed by atoms with Gasteiger partial charge in [-0.25, -0.2) is 0 Å². The van der Waals surface area contributed by atoms with Crippen molar-refractivity contribution in [1.29, 1.82) is 0 Å². The number of nitrogens with zero attached hydrogens (tertiary/aromatic N) is 1. The normalized spacial score (nSPS) is 10.7. The Labute approximate surface area is 128 Å². The van der Waals surface area contributed by atoms with Crippen LogP contribution in [-0.4, -0.2) is 18.6 Å². The fraction of sp³-hybridized carbons (Fsp3) is 0.222. The van der Waals surface area contributed by atoms with Gasteiger partial charge in [0.15, 0.2) is 0 Å². The Balaban J connectivity index is 0.00000200. The summed E-state index contributed by atoms with van der Waals surface area (Å²) in [5.74, 6) is 0. The summed E-state index contributed by atoms with van der Waals surface area (Å²) in [6, 6.07) is 19.3. The van der Waals surface area contributed by atoms with Crippen LogP contribution < -0.4 is 12.4 Å². The van der Waals surface area contributed by atoms with Crippen LogP contribution in [-0.2, 0) is 13.1 Å². The SMILES string of the molecule is C=Cc1ccc(C[N+](C)(C)Cc2ccccc2)cc1.[Cl-]. The second-order valence-corrected chi connectivity index (χ2v) is 5.68. The van der Waals surface area contributed by atoms with Crippen molar-refractivity contribution in [3.05, 3.63) is 77.9 Å². The maximum absolute atomic E-state index is 3.79. The fourth-order valence-electron chi connectivity index (χ4n) is 2.39. The predicted octanol–water partition coefficient (Wildman–Crippen LogP) is 1.11. The smallest absolute Gasteiger partial charge is 0.104 e. The Morgan fingerprint density at radius 3 is 1.85 bits per heavy atom. The van der Waals surface area contributed by atoms with Gasteiger partial charge in [-0.15, -0.1) is 0 Å². The van der Waals surface area contributed by atoms with E-state index in [-0.39, 0.29) is 12.4 Å². The molecule has 0 N–H and O–H groups in total. The molecule has 106 valence electrons. The Hall–Kier alpha value is -1.57. The molecule has 0 spiro atoms. The average Bonchev–Trinajstić information content (AvgIpc) is 2.39. The van der Waals surface area contributed by atoms with Gasteiger partial charge < -0.3 is 16.9 Å². The molecule has 2 rings (SSSR count). The summed E-state index contributed by atoms with van der Waals surface area (Å²) in [5.41, 5.74) is 3.93. The van der Waals surface area contributed by atoms with Crippen molar-refractivity contribution in [2.75, 3.05) is 14.1 Å². The van der Waals surface area contributed by atoms with Crippen molar-refractivity contribution < 1.29 is 16.9 Å². The molecule has 0 saturated carbocycles. The van der Waals surface area contributed by atoms with Gasteiger partial charge in [0.1, 0.15) is 13.1 Å². The highest BCUT2D eigenvalue weighted by molar-refractivity contribution is 5.47. The van der Waals surface area contributed by atoms with Gasteiger partial charge in [-0.3, -0.25) is 0 Å². The van der Waals surface area contributed by atoms with E-state index in [0.29, 0.717) is 0 Å². The number of rotatable bonds is 5. The molecule has 0 unspecified atom stereocenters. The number of benzene rings is 2. The van der Waals surface area contributed by atoms with Crippen LogP contribution in [0, 0.1) is 0 Å². The molecular weight excluding hydrogens is 266 g/mol. The molecule has 0 aliphatic carbocycles. The summed E-state index contributed by atoms with van der Waals surface area (Å²) in [5, 5.41) is 0. The summed E-state index contributed by atoms with van der Waals surface area (Å²) in [6.07, 6.45) is 1.88. The lowest BCUT2D eigenvalue weighted by molar-refractivity contribution is -0.916. The zero-order valence-electron chi connectivity index (χ0n) is 12.2. The fourth-order valence-corrected chi connectivity index (χ4v) is 2.39. The highest BCUT2D eigenvalue weighted by atomic mass is 35.5. The molecule has 2 aromatic rings. The first-order valence-corrected chi connectivity index (χ1v) is 6.66. The molecule has 0 saturated heterocycles. The highest BCUT2D eigenvalue weighted by Gasteiger charge is 2.16. The van der Waals surface area contributed by atoms with Crippen LogP contribution in [0.15, 0.2) is 61.2 Å². The minimum absolute atomic E-state index is 0. The monoisotopic (exact) mass is 287 g/mol. The van der Waals surface area contributed by atoms with Gasteiger partial charge in [-0.1, -0.05) is 67.3 Å². The maximum atomic E-state index is 3.79. The minimum Gasteiger partial charge on any atom is -1.00 e. The van der Waals surface area contributed by atoms with Gasteiger partial charge in [0.25, 0.3) is 0 Å². The van der Waals surface area contributed by atoms with Gasteiger partial charge in [0.05, 0.1) is 14.1 Å². The van der Waals surface area contributed by atoms with E-state index in [1.165, 1.54) is 16.7 Å². The molecule has 0 fully saturated rings. The first kappa shape index (κ1) is 16.5. The van der Waals surface area contributed by atoms with Crippen molar-refractivity contribution >= 4 is 6.08 Å². The Morgan fingerprint density at radius 1 is 0.850 bits per heavy atom. The van der Waals surface area contributed by atoms with Crippen LogP contribution in [0.3, 0.4) is 0 Å². The predicted molar refractivity (Wildman–Crippen MR) is 82.5 cm³/mol. The van der Waals surface area contributed by atoms with Gasteiger partial charge in [-0.2, -0.15) is 0 Å². The third kappa shape index (κ3) is 4.84. The topological polar surface area (TPSA) is 0 Å². The van der Waals surface area contributed by atoms with Crippen LogP contribution in [0.2, 0.25) is 0 Å². The maximum Gasteiger partial charge on any atom is 0.104 e. The van der Waals surface area contributed by atoms with E-state index in [0.717, 1.165) is 17.6 Å². The summed E-state index contributed by atoms with van der Waals surface area (Å²) in [6.45, 7) is 5.87. The standard InChI is InChI=1S/C18H22N.ClH/c1-4-16-10-12-18(13-11-16)15-19(2,3)14-17-8-6-5-7-9-17;/h4-13H,1,14-15H2,2-3H3;1H/q+1;/p-1. The van der Waals surface area contributed by atoms with Crippen LogP contribution in [0.25, 0.3) is 6.08 Å². The summed E-state index contributed by atoms with van der Waals surface area (Å²) in [4.78, 5) is 0. The second kappa shape index (κ2) is 7.28. The van der Waals surface area contributed by atoms with E-state index in [4.69, 9.17) is 0 Å². The summed E-state index contributed by atoms with van der Waals surface area (Å²) < 4.78 is 0.956. The Kier molecular flexibility index (Phi) is 6.00. The first-order valence-electron chi connectivity index (χ1n) is 6.66. The van der Waals surface area contributed by atoms with E-state index in [9.17, 15) is 0 Å². The lowest BCUT2D eigenvalue weighted by atomic mass is 10.1. The molecule has 2 heteroatoms. The van der Waals surface area contributed by atoms with Crippen molar-refractivity contribution in [3.8, 4) is 0 Å². The quantitative estimate of drug-likeness (QED) is 0.723. The van der Waals surface area contributed by atoms with Crippen LogP contribution in [0.1, 0.15) is 16.7 Å². The number of hydrogen-bond donors (Lipinski definition) is 0. The molecule has 0 bridgehead atoms. The molecule has 0 amide bonds.